The van der Waals surface area contributed by atoms with Crippen molar-refractivity contribution in [2.24, 2.45) is 0 Å². The summed E-state index contributed by atoms with van der Waals surface area (Å²) in [6, 6.07) is 14.5. The van der Waals surface area contributed by atoms with Gasteiger partial charge in [-0.15, -0.1) is 12.0 Å². The van der Waals surface area contributed by atoms with Crippen LogP contribution in [0, 0.1) is 6.92 Å². The highest BCUT2D eigenvalue weighted by Crippen LogP contribution is 2.30. The van der Waals surface area contributed by atoms with Gasteiger partial charge < -0.3 is 14.2 Å². The van der Waals surface area contributed by atoms with Gasteiger partial charge in [-0.3, -0.25) is 0 Å². The molecule has 0 spiro atoms. The second-order valence-electron chi connectivity index (χ2n) is 14.9. The lowest BCUT2D eigenvalue weighted by atomic mass is 8.57. The van der Waals surface area contributed by atoms with Gasteiger partial charge in [0.1, 0.15) is 50.3 Å². The molecule has 0 bridgehead atoms. The molecule has 2 heterocycles. The van der Waals surface area contributed by atoms with Gasteiger partial charge in [-0.25, -0.2) is 0 Å². The van der Waals surface area contributed by atoms with Crippen LogP contribution in [0.15, 0.2) is 65.4 Å². The van der Waals surface area contributed by atoms with Crippen LogP contribution < -0.4 is 14.2 Å². The summed E-state index contributed by atoms with van der Waals surface area (Å²) in [6.45, 7) is 4.94. The average molecular weight is 543 g/mol. The molecular weight excluding hydrogens is 504 g/mol. The van der Waals surface area contributed by atoms with Crippen molar-refractivity contribution < 1.29 is 14.2 Å². The summed E-state index contributed by atoms with van der Waals surface area (Å²) in [5.41, 5.74) is 5.11. The molecule has 23 heteroatoms. The molecule has 4 rings (SSSR count). The average Bonchev–Trinajstić information content (AvgIpc) is 3.86. The van der Waals surface area contributed by atoms with Gasteiger partial charge in [0.05, 0.1) is 77.4 Å². The van der Waals surface area contributed by atoms with Crippen molar-refractivity contribution in [3.05, 3.63) is 76.5 Å². The van der Waals surface area contributed by atoms with E-state index in [2.05, 4.69) is 127 Å². The van der Waals surface area contributed by atoms with E-state index < -0.39 is 0 Å². The molecule has 43 heavy (non-hydrogen) atoms. The Morgan fingerprint density at radius 3 is 1.44 bits per heavy atom. The molecule has 0 saturated heterocycles. The zero-order valence-corrected chi connectivity index (χ0v) is 28.8. The van der Waals surface area contributed by atoms with Crippen molar-refractivity contribution in [1.29, 1.82) is 0 Å². The minimum Gasteiger partial charge on any atom is -0.490 e. The summed E-state index contributed by atoms with van der Waals surface area (Å²) in [6.07, 6.45) is 5.35. The lowest BCUT2D eigenvalue weighted by molar-refractivity contribution is 0.301. The molecule has 0 amide bonds. The number of hydrogen-bond acceptors (Lipinski definition) is 3. The number of benzene rings is 2. The minimum atomic E-state index is 0.469. The predicted molar refractivity (Wildman–Crippen MR) is 232 cm³/mol. The lowest BCUT2D eigenvalue weighted by Gasteiger charge is -2.24. The molecule has 0 N–H and O–H groups in total. The van der Waals surface area contributed by atoms with E-state index in [9.17, 15) is 0 Å². The molecule has 0 aliphatic carbocycles. The van der Waals surface area contributed by atoms with Gasteiger partial charge in [0, 0.05) is 57.1 Å². The van der Waals surface area contributed by atoms with E-state index in [0.717, 1.165) is 22.8 Å². The summed E-state index contributed by atoms with van der Waals surface area (Å²) in [4.78, 5) is 0. The van der Waals surface area contributed by atoms with Crippen molar-refractivity contribution >= 4 is 142 Å². The Balaban J connectivity index is 1.42. The van der Waals surface area contributed by atoms with Crippen LogP contribution in [-0.2, 0) is 6.61 Å². The van der Waals surface area contributed by atoms with Gasteiger partial charge in [-0.05, 0) is 42.3 Å². The van der Waals surface area contributed by atoms with E-state index in [1.54, 1.807) is 0 Å². The SMILES string of the molecule is BB(B)B(B)B(B(B)B)B1C=C1COc1cc(COc2cccc(C)c2)cc(OCC2=CB2B(B(B)B)B(B)B(B)B)c1. The molecule has 196 valence electrons. The van der Waals surface area contributed by atoms with Crippen LogP contribution in [0.4, 0.5) is 0 Å². The quantitative estimate of drug-likeness (QED) is 0.186. The van der Waals surface area contributed by atoms with Crippen LogP contribution >= 0.6 is 0 Å². The maximum absolute atomic E-state index is 6.44. The number of aryl methyl sites for hydroxylation is 1. The summed E-state index contributed by atoms with van der Waals surface area (Å²) < 4.78 is 19.0. The Bertz CT molecular complexity index is 1240. The van der Waals surface area contributed by atoms with Gasteiger partial charge in [0.2, 0.25) is 0 Å². The second-order valence-corrected chi connectivity index (χ2v) is 14.9. The molecule has 2 aliphatic rings. The Kier molecular flexibility index (Phi) is 12.2. The first-order chi connectivity index (χ1) is 20.3. The Labute approximate surface area is 275 Å². The van der Waals surface area contributed by atoms with Crippen LogP contribution in [0.5, 0.6) is 17.2 Å². The maximum Gasteiger partial charge on any atom is 0.148 e. The van der Waals surface area contributed by atoms with Crippen LogP contribution in [0.1, 0.15) is 11.1 Å². The standard InChI is InChI=1S/C20H38B20O3/c1-14-3-2-4-18(5-14)41-11-15-6-19(42-12-16-9-31(16)39(35(25)26)37(29)33(21)22)8-20(7-15)43-13-17-10-32(17)40(36(27)28)38(30)34(23)24/h2-10H,11-13,21-30H2,1H3. The van der Waals surface area contributed by atoms with Crippen molar-refractivity contribution in [3.8, 4) is 17.2 Å². The fraction of sp³-hybridized carbons (Fsp3) is 0.200. The van der Waals surface area contributed by atoms with E-state index in [0.29, 0.717) is 84.1 Å². The zero-order valence-electron chi connectivity index (χ0n) is 28.8. The summed E-state index contributed by atoms with van der Waals surface area (Å²) in [7, 11) is 23.7. The Morgan fingerprint density at radius 2 is 1.02 bits per heavy atom. The van der Waals surface area contributed by atoms with E-state index in [4.69, 9.17) is 14.2 Å². The molecule has 0 saturated carbocycles. The van der Waals surface area contributed by atoms with E-state index in [1.165, 1.54) is 16.5 Å². The zero-order chi connectivity index (χ0) is 31.4. The third-order valence-corrected chi connectivity index (χ3v) is 10.3. The third kappa shape index (κ3) is 9.56. The van der Waals surface area contributed by atoms with E-state index in [1.807, 2.05) is 12.1 Å². The first-order valence-corrected chi connectivity index (χ1v) is 16.9. The molecule has 2 aromatic rings. The second kappa shape index (κ2) is 15.3. The predicted octanol–water partition coefficient (Wildman–Crippen LogP) is -8.76. The number of rotatable bonds is 17. The van der Waals surface area contributed by atoms with Gasteiger partial charge in [0.25, 0.3) is 0 Å². The molecule has 2 aliphatic heterocycles. The highest BCUT2D eigenvalue weighted by Gasteiger charge is 2.45. The lowest BCUT2D eigenvalue weighted by Crippen LogP contribution is -2.64. The Hall–Kier alpha value is -1.38. The Morgan fingerprint density at radius 1 is 0.558 bits per heavy atom. The molecule has 2 aromatic carbocycles. The van der Waals surface area contributed by atoms with Gasteiger partial charge in [-0.2, -0.15) is 0 Å². The molecule has 0 unspecified atom stereocenters. The molecule has 0 aromatic heterocycles. The van der Waals surface area contributed by atoms with Crippen LogP contribution in [0.2, 0.25) is 0 Å². The van der Waals surface area contributed by atoms with Crippen molar-refractivity contribution in [3.63, 3.8) is 0 Å². The summed E-state index contributed by atoms with van der Waals surface area (Å²) in [5, 5.41) is 0. The molecule has 0 atom stereocenters. The van der Waals surface area contributed by atoms with Crippen LogP contribution in [0.3, 0.4) is 0 Å². The van der Waals surface area contributed by atoms with E-state index in [-0.39, 0.29) is 0 Å². The highest BCUT2D eigenvalue weighted by atomic mass is 16.5. The third-order valence-electron chi connectivity index (χ3n) is 10.3. The van der Waals surface area contributed by atoms with Gasteiger partial charge in [-0.1, -0.05) is 23.1 Å². The normalized spacial score (nSPS) is 12.8. The first-order valence-electron chi connectivity index (χ1n) is 16.9. The smallest absolute Gasteiger partial charge is 0.148 e. The molecule has 0 fully saturated rings. The molecule has 3 nitrogen and oxygen atoms in total. The summed E-state index contributed by atoms with van der Waals surface area (Å²) in [5.74, 6) is 7.42. The van der Waals surface area contributed by atoms with Gasteiger partial charge in [0.15, 0.2) is 0 Å². The number of ether oxygens (including phenoxy) is 3. The largest absolute Gasteiger partial charge is 0.490 e. The van der Waals surface area contributed by atoms with E-state index >= 15 is 0 Å². The van der Waals surface area contributed by atoms with Crippen molar-refractivity contribution in [2.45, 2.75) is 13.5 Å². The maximum atomic E-state index is 6.44. The number of hydrogen-bond donors (Lipinski definition) is 0. The fourth-order valence-corrected chi connectivity index (χ4v) is 7.04. The monoisotopic (exact) mass is 546 g/mol. The van der Waals surface area contributed by atoms with Gasteiger partial charge >= 0.3 is 0 Å². The van der Waals surface area contributed by atoms with Crippen LogP contribution in [-0.4, -0.2) is 155 Å². The highest BCUT2D eigenvalue weighted by molar-refractivity contribution is 8.02. The molecule has 0 radical (unpaired) electrons. The molecular formula is C20H38B20O3. The topological polar surface area (TPSA) is 27.7 Å². The fourth-order valence-electron chi connectivity index (χ4n) is 7.04. The first kappa shape index (κ1) is 34.5. The van der Waals surface area contributed by atoms with Crippen LogP contribution in [0.25, 0.3) is 0 Å². The van der Waals surface area contributed by atoms with Crippen molar-refractivity contribution in [1.82, 2.24) is 0 Å². The minimum absolute atomic E-state index is 0.469. The van der Waals surface area contributed by atoms with Crippen molar-refractivity contribution in [2.75, 3.05) is 13.2 Å². The summed E-state index contributed by atoms with van der Waals surface area (Å²) >= 11 is 0.